The summed E-state index contributed by atoms with van der Waals surface area (Å²) in [4.78, 5) is 10.5. The number of esters is 1. The third kappa shape index (κ3) is 9.48. The molecule has 0 radical (unpaired) electrons. The molecule has 4 nitrogen and oxygen atoms in total. The smallest absolute Gasteiger partial charge is 0.308 e. The number of aliphatic hydroxyl groups is 1. The summed E-state index contributed by atoms with van der Waals surface area (Å²) in [6.45, 7) is 5.67. The lowest BCUT2D eigenvalue weighted by molar-refractivity contribution is -0.145. The van der Waals surface area contributed by atoms with Gasteiger partial charge in [-0.3, -0.25) is 4.79 Å². The molecular formula is C10H20O4. The topological polar surface area (TPSA) is 55.8 Å². The van der Waals surface area contributed by atoms with Crippen molar-refractivity contribution >= 4 is 5.97 Å². The SMILES string of the molecule is C1CCOC1.CCOC(=O)CC(C)O. The normalized spacial score (nSPS) is 16.8. The molecule has 0 bridgehead atoms. The predicted octanol–water partition coefficient (Wildman–Crippen LogP) is 1.12. The fourth-order valence-corrected chi connectivity index (χ4v) is 0.971. The van der Waals surface area contributed by atoms with Crippen molar-refractivity contribution in [2.45, 2.75) is 39.2 Å². The van der Waals surface area contributed by atoms with E-state index in [1.807, 2.05) is 0 Å². The molecule has 0 saturated carbocycles. The van der Waals surface area contributed by atoms with Crippen LogP contribution >= 0.6 is 0 Å². The molecule has 1 rings (SSSR count). The van der Waals surface area contributed by atoms with E-state index in [0.717, 1.165) is 13.2 Å². The molecule has 0 aromatic carbocycles. The first-order valence-corrected chi connectivity index (χ1v) is 5.08. The number of aliphatic hydroxyl groups excluding tert-OH is 1. The fraction of sp³-hybridized carbons (Fsp3) is 0.900. The molecule has 1 aliphatic heterocycles. The van der Waals surface area contributed by atoms with Crippen molar-refractivity contribution in [2.75, 3.05) is 19.8 Å². The van der Waals surface area contributed by atoms with E-state index in [4.69, 9.17) is 9.84 Å². The Balaban J connectivity index is 0.000000280. The van der Waals surface area contributed by atoms with Gasteiger partial charge in [0.1, 0.15) is 0 Å². The van der Waals surface area contributed by atoms with Crippen LogP contribution in [-0.4, -0.2) is 37.0 Å². The first kappa shape index (κ1) is 13.4. The Kier molecular flexibility index (Phi) is 8.57. The zero-order valence-corrected chi connectivity index (χ0v) is 8.99. The molecule has 1 saturated heterocycles. The Morgan fingerprint density at radius 2 is 2.07 bits per heavy atom. The van der Waals surface area contributed by atoms with Crippen molar-refractivity contribution in [1.29, 1.82) is 0 Å². The molecule has 1 unspecified atom stereocenters. The number of hydrogen-bond donors (Lipinski definition) is 1. The molecule has 4 heteroatoms. The van der Waals surface area contributed by atoms with Gasteiger partial charge in [-0.15, -0.1) is 0 Å². The Morgan fingerprint density at radius 3 is 2.36 bits per heavy atom. The van der Waals surface area contributed by atoms with Crippen LogP contribution in [-0.2, 0) is 14.3 Å². The fourth-order valence-electron chi connectivity index (χ4n) is 0.971. The maximum absolute atomic E-state index is 10.5. The third-order valence-corrected chi connectivity index (χ3v) is 1.59. The van der Waals surface area contributed by atoms with Gasteiger partial charge >= 0.3 is 5.97 Å². The van der Waals surface area contributed by atoms with Crippen molar-refractivity contribution in [3.8, 4) is 0 Å². The Labute approximate surface area is 85.2 Å². The average molecular weight is 204 g/mol. The molecule has 1 aliphatic rings. The van der Waals surface area contributed by atoms with Crippen LogP contribution in [0.2, 0.25) is 0 Å². The Morgan fingerprint density at radius 1 is 1.50 bits per heavy atom. The van der Waals surface area contributed by atoms with Crippen molar-refractivity contribution in [3.63, 3.8) is 0 Å². The van der Waals surface area contributed by atoms with E-state index < -0.39 is 6.10 Å². The zero-order chi connectivity index (χ0) is 10.8. The summed E-state index contributed by atoms with van der Waals surface area (Å²) in [5, 5.41) is 8.65. The summed E-state index contributed by atoms with van der Waals surface area (Å²) >= 11 is 0. The van der Waals surface area contributed by atoms with E-state index in [1.165, 1.54) is 12.8 Å². The second kappa shape index (κ2) is 8.97. The maximum atomic E-state index is 10.5. The summed E-state index contributed by atoms with van der Waals surface area (Å²) in [5.74, 6) is -0.340. The van der Waals surface area contributed by atoms with Crippen molar-refractivity contribution < 1.29 is 19.4 Å². The van der Waals surface area contributed by atoms with Crippen LogP contribution in [0, 0.1) is 0 Å². The van der Waals surface area contributed by atoms with Gasteiger partial charge in [0.2, 0.25) is 0 Å². The van der Waals surface area contributed by atoms with Gasteiger partial charge in [0, 0.05) is 13.2 Å². The molecule has 1 N–H and O–H groups in total. The zero-order valence-electron chi connectivity index (χ0n) is 8.99. The third-order valence-electron chi connectivity index (χ3n) is 1.59. The number of carbonyl (C=O) groups excluding carboxylic acids is 1. The minimum absolute atomic E-state index is 0.0911. The van der Waals surface area contributed by atoms with E-state index in [9.17, 15) is 4.79 Å². The van der Waals surface area contributed by atoms with E-state index in [2.05, 4.69) is 4.74 Å². The lowest BCUT2D eigenvalue weighted by atomic mass is 10.3. The number of carbonyl (C=O) groups is 1. The van der Waals surface area contributed by atoms with Gasteiger partial charge in [0.05, 0.1) is 19.1 Å². The maximum Gasteiger partial charge on any atom is 0.308 e. The van der Waals surface area contributed by atoms with Crippen LogP contribution < -0.4 is 0 Å². The minimum Gasteiger partial charge on any atom is -0.466 e. The van der Waals surface area contributed by atoms with Crippen LogP contribution in [0.1, 0.15) is 33.1 Å². The summed E-state index contributed by atoms with van der Waals surface area (Å²) in [7, 11) is 0. The molecule has 0 amide bonds. The highest BCUT2D eigenvalue weighted by Crippen LogP contribution is 1.98. The summed E-state index contributed by atoms with van der Waals surface area (Å²) < 4.78 is 9.50. The highest BCUT2D eigenvalue weighted by molar-refractivity contribution is 5.69. The van der Waals surface area contributed by atoms with E-state index in [1.54, 1.807) is 13.8 Å². The minimum atomic E-state index is -0.593. The van der Waals surface area contributed by atoms with Crippen molar-refractivity contribution in [1.82, 2.24) is 0 Å². The molecule has 0 aliphatic carbocycles. The van der Waals surface area contributed by atoms with Gasteiger partial charge in [-0.2, -0.15) is 0 Å². The number of rotatable bonds is 3. The highest BCUT2D eigenvalue weighted by Gasteiger charge is 2.04. The molecule has 1 heterocycles. The van der Waals surface area contributed by atoms with Crippen LogP contribution in [0.15, 0.2) is 0 Å². The van der Waals surface area contributed by atoms with Crippen molar-refractivity contribution in [3.05, 3.63) is 0 Å². The first-order valence-electron chi connectivity index (χ1n) is 5.08. The van der Waals surface area contributed by atoms with Crippen LogP contribution in [0.4, 0.5) is 0 Å². The van der Waals surface area contributed by atoms with Gasteiger partial charge in [-0.05, 0) is 26.7 Å². The highest BCUT2D eigenvalue weighted by atomic mass is 16.5. The molecular weight excluding hydrogens is 184 g/mol. The average Bonchev–Trinajstić information content (AvgIpc) is 2.59. The molecule has 0 spiro atoms. The Bertz CT molecular complexity index is 133. The van der Waals surface area contributed by atoms with E-state index >= 15 is 0 Å². The summed E-state index contributed by atoms with van der Waals surface area (Å²) in [6, 6.07) is 0. The van der Waals surface area contributed by atoms with Gasteiger partial charge in [-0.1, -0.05) is 0 Å². The first-order chi connectivity index (χ1) is 6.66. The van der Waals surface area contributed by atoms with Crippen LogP contribution in [0.25, 0.3) is 0 Å². The molecule has 14 heavy (non-hydrogen) atoms. The molecule has 0 aromatic rings. The van der Waals surface area contributed by atoms with E-state index in [-0.39, 0.29) is 12.4 Å². The van der Waals surface area contributed by atoms with Crippen LogP contribution in [0.3, 0.4) is 0 Å². The van der Waals surface area contributed by atoms with Gasteiger partial charge in [0.25, 0.3) is 0 Å². The number of hydrogen-bond acceptors (Lipinski definition) is 4. The standard InChI is InChI=1S/C6H12O3.C4H8O/c1-3-9-6(8)4-5(2)7;1-2-4-5-3-1/h5,7H,3-4H2,1-2H3;1-4H2. The lowest BCUT2D eigenvalue weighted by Crippen LogP contribution is -2.11. The Hall–Kier alpha value is -0.610. The largest absolute Gasteiger partial charge is 0.466 e. The quantitative estimate of drug-likeness (QED) is 0.700. The monoisotopic (exact) mass is 204 g/mol. The van der Waals surface area contributed by atoms with Crippen LogP contribution in [0.5, 0.6) is 0 Å². The van der Waals surface area contributed by atoms with Gasteiger partial charge in [0.15, 0.2) is 0 Å². The second-order valence-corrected chi connectivity index (χ2v) is 3.18. The second-order valence-electron chi connectivity index (χ2n) is 3.18. The molecule has 1 fully saturated rings. The predicted molar refractivity (Wildman–Crippen MR) is 53.0 cm³/mol. The van der Waals surface area contributed by atoms with Gasteiger partial charge in [-0.25, -0.2) is 0 Å². The molecule has 0 aromatic heterocycles. The number of ether oxygens (including phenoxy) is 2. The molecule has 84 valence electrons. The van der Waals surface area contributed by atoms with E-state index in [0.29, 0.717) is 6.61 Å². The van der Waals surface area contributed by atoms with Gasteiger partial charge < -0.3 is 14.6 Å². The summed E-state index contributed by atoms with van der Waals surface area (Å²) in [6.07, 6.45) is 2.05. The molecule has 1 atom stereocenters. The van der Waals surface area contributed by atoms with Crippen molar-refractivity contribution in [2.24, 2.45) is 0 Å². The lowest BCUT2D eigenvalue weighted by Gasteiger charge is -2.01. The summed E-state index contributed by atoms with van der Waals surface area (Å²) in [5.41, 5.74) is 0.